The van der Waals surface area contributed by atoms with Crippen molar-refractivity contribution in [3.63, 3.8) is 0 Å². The van der Waals surface area contributed by atoms with E-state index in [1.807, 2.05) is 0 Å². The zero-order valence-electron chi connectivity index (χ0n) is 12.0. The smallest absolute Gasteiger partial charge is 0.267 e. The largest absolute Gasteiger partial charge is 0.351 e. The summed E-state index contributed by atoms with van der Waals surface area (Å²) in [5.74, 6) is 0.635. The highest BCUT2D eigenvalue weighted by molar-refractivity contribution is 5.92. The molecule has 2 rings (SSSR count). The summed E-state index contributed by atoms with van der Waals surface area (Å²) in [6, 6.07) is 4.60. The van der Waals surface area contributed by atoms with Crippen LogP contribution < -0.4 is 10.9 Å². The van der Waals surface area contributed by atoms with Crippen LogP contribution in [0, 0.1) is 5.92 Å². The van der Waals surface area contributed by atoms with Gasteiger partial charge in [-0.2, -0.15) is 0 Å². The van der Waals surface area contributed by atoms with E-state index in [1.165, 1.54) is 32.0 Å². The normalized spacial score (nSPS) is 17.1. The Morgan fingerprint density at radius 3 is 2.85 bits per heavy atom. The summed E-state index contributed by atoms with van der Waals surface area (Å²) in [6.45, 7) is 6.31. The maximum Gasteiger partial charge on any atom is 0.267 e. The fourth-order valence-corrected chi connectivity index (χ4v) is 2.47. The molecule has 1 aliphatic heterocycles. The molecule has 0 unspecified atom stereocenters. The molecule has 110 valence electrons. The lowest BCUT2D eigenvalue weighted by Gasteiger charge is -2.30. The molecule has 2 heterocycles. The first-order chi connectivity index (χ1) is 9.65. The standard InChI is InChI=1S/C15H23N3O2/c1-12-6-10-18(11-7-12)9-3-8-16-15(20)13-4-2-5-14(19)17-13/h2,4-5,12H,3,6-11H2,1H3,(H,16,20)(H,17,19). The van der Waals surface area contributed by atoms with Gasteiger partial charge in [0.25, 0.3) is 5.91 Å². The lowest BCUT2D eigenvalue weighted by molar-refractivity contribution is 0.0945. The molecule has 1 aromatic rings. The first-order valence-electron chi connectivity index (χ1n) is 7.35. The van der Waals surface area contributed by atoms with Crippen molar-refractivity contribution < 1.29 is 4.79 Å². The molecule has 1 aliphatic rings. The van der Waals surface area contributed by atoms with E-state index in [1.54, 1.807) is 12.1 Å². The Morgan fingerprint density at radius 1 is 1.40 bits per heavy atom. The van der Waals surface area contributed by atoms with E-state index in [0.29, 0.717) is 12.2 Å². The molecule has 5 nitrogen and oxygen atoms in total. The topological polar surface area (TPSA) is 65.2 Å². The third kappa shape index (κ3) is 4.49. The van der Waals surface area contributed by atoms with Crippen molar-refractivity contribution in [2.45, 2.75) is 26.2 Å². The second-order valence-corrected chi connectivity index (χ2v) is 5.56. The fourth-order valence-electron chi connectivity index (χ4n) is 2.47. The Bertz CT molecular complexity index is 490. The van der Waals surface area contributed by atoms with Crippen molar-refractivity contribution in [3.8, 4) is 0 Å². The molecule has 0 aromatic carbocycles. The molecule has 1 aromatic heterocycles. The number of likely N-dealkylation sites (tertiary alicyclic amines) is 1. The average Bonchev–Trinajstić information content (AvgIpc) is 2.45. The number of carbonyl (C=O) groups is 1. The van der Waals surface area contributed by atoms with Crippen LogP contribution in [0.3, 0.4) is 0 Å². The highest BCUT2D eigenvalue weighted by atomic mass is 16.2. The van der Waals surface area contributed by atoms with Gasteiger partial charge in [-0.3, -0.25) is 9.59 Å². The third-order valence-corrected chi connectivity index (χ3v) is 3.83. The van der Waals surface area contributed by atoms with E-state index in [9.17, 15) is 9.59 Å². The predicted octanol–water partition coefficient (Wildman–Crippen LogP) is 1.23. The Balaban J connectivity index is 1.66. The molecule has 0 bridgehead atoms. The van der Waals surface area contributed by atoms with E-state index in [0.717, 1.165) is 18.9 Å². The van der Waals surface area contributed by atoms with E-state index in [4.69, 9.17) is 0 Å². The minimum absolute atomic E-state index is 0.213. The van der Waals surface area contributed by atoms with Gasteiger partial charge in [0.05, 0.1) is 0 Å². The number of amides is 1. The number of pyridine rings is 1. The minimum Gasteiger partial charge on any atom is -0.351 e. The van der Waals surface area contributed by atoms with Gasteiger partial charge in [-0.1, -0.05) is 13.0 Å². The summed E-state index contributed by atoms with van der Waals surface area (Å²) in [6.07, 6.45) is 3.49. The number of aromatic amines is 1. The van der Waals surface area contributed by atoms with Gasteiger partial charge in [0.2, 0.25) is 5.56 Å². The Hall–Kier alpha value is -1.62. The molecule has 0 atom stereocenters. The summed E-state index contributed by atoms with van der Waals surface area (Å²) < 4.78 is 0. The summed E-state index contributed by atoms with van der Waals surface area (Å²) in [5, 5.41) is 2.84. The number of nitrogens with one attached hydrogen (secondary N) is 2. The van der Waals surface area contributed by atoms with Crippen molar-refractivity contribution in [1.82, 2.24) is 15.2 Å². The van der Waals surface area contributed by atoms with Crippen molar-refractivity contribution in [3.05, 3.63) is 34.2 Å². The number of nitrogens with zero attached hydrogens (tertiary/aromatic N) is 1. The van der Waals surface area contributed by atoms with Gasteiger partial charge in [0.1, 0.15) is 5.69 Å². The van der Waals surface area contributed by atoms with E-state index in [2.05, 4.69) is 22.1 Å². The highest BCUT2D eigenvalue weighted by Gasteiger charge is 2.14. The summed E-state index contributed by atoms with van der Waals surface area (Å²) in [7, 11) is 0. The van der Waals surface area contributed by atoms with Crippen molar-refractivity contribution in [2.24, 2.45) is 5.92 Å². The SMILES string of the molecule is CC1CCN(CCCNC(=O)c2cccc(=O)[nH]2)CC1. The number of H-pyrrole nitrogens is 1. The van der Waals surface area contributed by atoms with Gasteiger partial charge < -0.3 is 15.2 Å². The van der Waals surface area contributed by atoms with Crippen LogP contribution in [0.5, 0.6) is 0 Å². The van der Waals surface area contributed by atoms with E-state index in [-0.39, 0.29) is 11.5 Å². The monoisotopic (exact) mass is 277 g/mol. The molecule has 0 saturated carbocycles. The number of hydrogen-bond acceptors (Lipinski definition) is 3. The van der Waals surface area contributed by atoms with Gasteiger partial charge in [-0.05, 0) is 50.9 Å². The van der Waals surface area contributed by atoms with Crippen molar-refractivity contribution in [1.29, 1.82) is 0 Å². The molecule has 2 N–H and O–H groups in total. The molecule has 1 fully saturated rings. The van der Waals surface area contributed by atoms with Crippen LogP contribution in [-0.4, -0.2) is 42.0 Å². The zero-order valence-corrected chi connectivity index (χ0v) is 12.0. The van der Waals surface area contributed by atoms with Crippen LogP contribution in [0.1, 0.15) is 36.7 Å². The maximum absolute atomic E-state index is 11.8. The Labute approximate surface area is 119 Å². The molecular weight excluding hydrogens is 254 g/mol. The van der Waals surface area contributed by atoms with Gasteiger partial charge in [-0.25, -0.2) is 0 Å². The van der Waals surface area contributed by atoms with Crippen molar-refractivity contribution >= 4 is 5.91 Å². The number of aromatic nitrogens is 1. The van der Waals surface area contributed by atoms with Gasteiger partial charge in [0.15, 0.2) is 0 Å². The highest BCUT2D eigenvalue weighted by Crippen LogP contribution is 2.15. The number of carbonyl (C=O) groups excluding carboxylic acids is 1. The summed E-state index contributed by atoms with van der Waals surface area (Å²) >= 11 is 0. The summed E-state index contributed by atoms with van der Waals surface area (Å²) in [5.41, 5.74) is 0.0735. The number of hydrogen-bond donors (Lipinski definition) is 2. The van der Waals surface area contributed by atoms with E-state index >= 15 is 0 Å². The quantitative estimate of drug-likeness (QED) is 0.796. The second-order valence-electron chi connectivity index (χ2n) is 5.56. The molecular formula is C15H23N3O2. The molecule has 5 heteroatoms. The van der Waals surface area contributed by atoms with Crippen LogP contribution in [0.15, 0.2) is 23.0 Å². The lowest BCUT2D eigenvalue weighted by Crippen LogP contribution is -2.35. The van der Waals surface area contributed by atoms with Crippen LogP contribution >= 0.6 is 0 Å². The van der Waals surface area contributed by atoms with Gasteiger partial charge in [-0.15, -0.1) is 0 Å². The number of piperidine rings is 1. The first kappa shape index (κ1) is 14.8. The minimum atomic E-state index is -0.250. The maximum atomic E-state index is 11.8. The average molecular weight is 277 g/mol. The van der Waals surface area contributed by atoms with Gasteiger partial charge in [0, 0.05) is 12.6 Å². The predicted molar refractivity (Wildman–Crippen MR) is 78.9 cm³/mol. The first-order valence-corrected chi connectivity index (χ1v) is 7.35. The lowest BCUT2D eigenvalue weighted by atomic mass is 9.99. The van der Waals surface area contributed by atoms with E-state index < -0.39 is 0 Å². The Morgan fingerprint density at radius 2 is 2.15 bits per heavy atom. The molecule has 0 aliphatic carbocycles. The van der Waals surface area contributed by atoms with Crippen molar-refractivity contribution in [2.75, 3.05) is 26.2 Å². The van der Waals surface area contributed by atoms with Crippen LogP contribution in [-0.2, 0) is 0 Å². The van der Waals surface area contributed by atoms with Crippen LogP contribution in [0.25, 0.3) is 0 Å². The Kier molecular flexibility index (Phi) is 5.35. The zero-order chi connectivity index (χ0) is 14.4. The third-order valence-electron chi connectivity index (χ3n) is 3.83. The van der Waals surface area contributed by atoms with Crippen LogP contribution in [0.4, 0.5) is 0 Å². The molecule has 0 spiro atoms. The van der Waals surface area contributed by atoms with Gasteiger partial charge >= 0.3 is 0 Å². The summed E-state index contributed by atoms with van der Waals surface area (Å²) in [4.78, 5) is 27.9. The fraction of sp³-hybridized carbons (Fsp3) is 0.600. The molecule has 20 heavy (non-hydrogen) atoms. The molecule has 1 amide bonds. The van der Waals surface area contributed by atoms with Crippen LogP contribution in [0.2, 0.25) is 0 Å². The molecule has 0 radical (unpaired) electrons. The molecule has 1 saturated heterocycles. The number of rotatable bonds is 5. The second kappa shape index (κ2) is 7.24.